The molecule has 3 N–H and O–H groups in total. The van der Waals surface area contributed by atoms with Crippen LogP contribution in [0, 0.1) is 5.92 Å². The van der Waals surface area contributed by atoms with Crippen molar-refractivity contribution in [3.05, 3.63) is 40.9 Å². The Morgan fingerprint density at radius 3 is 2.78 bits per heavy atom. The highest BCUT2D eigenvalue weighted by atomic mass is 16.3. The van der Waals surface area contributed by atoms with E-state index in [1.54, 1.807) is 29.3 Å². The Kier molecular flexibility index (Phi) is 6.02. The largest absolute Gasteiger partial charge is 0.395 e. The van der Waals surface area contributed by atoms with Crippen molar-refractivity contribution < 1.29 is 14.7 Å². The molecule has 2 aromatic rings. The number of aliphatic hydroxyl groups excluding tert-OH is 1. The maximum absolute atomic E-state index is 12.4. The highest BCUT2D eigenvalue weighted by Crippen LogP contribution is 2.17. The Bertz CT molecular complexity index is 873. The van der Waals surface area contributed by atoms with Gasteiger partial charge >= 0.3 is 0 Å². The first kappa shape index (κ1) is 18.8. The van der Waals surface area contributed by atoms with Gasteiger partial charge in [0.2, 0.25) is 11.8 Å². The average molecular weight is 373 g/mol. The van der Waals surface area contributed by atoms with E-state index < -0.39 is 0 Å². The van der Waals surface area contributed by atoms with Crippen molar-refractivity contribution in [2.24, 2.45) is 5.92 Å². The third-order valence-corrected chi connectivity index (χ3v) is 4.67. The molecule has 0 radical (unpaired) electrons. The maximum atomic E-state index is 12.4. The van der Waals surface area contributed by atoms with Crippen LogP contribution in [-0.2, 0) is 9.59 Å². The van der Waals surface area contributed by atoms with Gasteiger partial charge < -0.3 is 20.6 Å². The Morgan fingerprint density at radius 2 is 2.04 bits per heavy atom. The van der Waals surface area contributed by atoms with E-state index in [2.05, 4.69) is 15.6 Å². The van der Waals surface area contributed by atoms with Crippen molar-refractivity contribution >= 4 is 23.1 Å². The number of hydrogen-bond donors (Lipinski definition) is 3. The zero-order valence-corrected chi connectivity index (χ0v) is 14.9. The number of carbonyl (C=O) groups excluding carboxylic acids is 2. The minimum atomic E-state index is -0.257. The summed E-state index contributed by atoms with van der Waals surface area (Å²) >= 11 is 0. The number of piperidine rings is 1. The van der Waals surface area contributed by atoms with Crippen molar-refractivity contribution in [3.8, 4) is 0 Å². The third-order valence-electron chi connectivity index (χ3n) is 4.67. The summed E-state index contributed by atoms with van der Waals surface area (Å²) in [6.07, 6.45) is 4.24. The predicted molar refractivity (Wildman–Crippen MR) is 99.4 cm³/mol. The molecule has 0 unspecified atom stereocenters. The number of pyridine rings is 1. The molecule has 1 fully saturated rings. The Morgan fingerprint density at radius 1 is 1.26 bits per heavy atom. The van der Waals surface area contributed by atoms with Crippen molar-refractivity contribution in [1.29, 1.82) is 0 Å². The number of fused-ring (bicyclic) bond motifs is 1. The maximum Gasteiger partial charge on any atom is 0.281 e. The molecule has 0 saturated carbocycles. The lowest BCUT2D eigenvalue weighted by molar-refractivity contribution is -0.134. The minimum absolute atomic E-state index is 0.00278. The van der Waals surface area contributed by atoms with Crippen LogP contribution in [0.4, 0.5) is 5.69 Å². The number of rotatable bonds is 6. The van der Waals surface area contributed by atoms with Crippen molar-refractivity contribution in [2.75, 3.05) is 38.1 Å². The molecule has 0 spiro atoms. The molecule has 2 aromatic heterocycles. The predicted octanol–water partition coefficient (Wildman–Crippen LogP) is -0.546. The van der Waals surface area contributed by atoms with Crippen molar-refractivity contribution in [1.82, 2.24) is 19.6 Å². The fourth-order valence-corrected chi connectivity index (χ4v) is 3.15. The molecule has 0 atom stereocenters. The Hall–Kier alpha value is -2.94. The zero-order chi connectivity index (χ0) is 19.2. The summed E-state index contributed by atoms with van der Waals surface area (Å²) in [7, 11) is 0. The summed E-state index contributed by atoms with van der Waals surface area (Å²) in [5, 5.41) is 14.3. The minimum Gasteiger partial charge on any atom is -0.395 e. The van der Waals surface area contributed by atoms with Gasteiger partial charge in [-0.3, -0.25) is 18.8 Å². The number of aliphatic hydroxyl groups is 1. The van der Waals surface area contributed by atoms with Crippen LogP contribution in [-0.4, -0.2) is 64.0 Å². The molecule has 3 rings (SSSR count). The van der Waals surface area contributed by atoms with Crippen LogP contribution in [0.1, 0.15) is 12.8 Å². The molecule has 9 heteroatoms. The smallest absolute Gasteiger partial charge is 0.281 e. The van der Waals surface area contributed by atoms with Crippen LogP contribution in [0.5, 0.6) is 0 Å². The molecule has 27 heavy (non-hydrogen) atoms. The van der Waals surface area contributed by atoms with E-state index >= 15 is 0 Å². The highest BCUT2D eigenvalue weighted by Gasteiger charge is 2.27. The lowest BCUT2D eigenvalue weighted by atomic mass is 9.96. The molecule has 1 aliphatic rings. The van der Waals surface area contributed by atoms with E-state index in [0.29, 0.717) is 31.6 Å². The van der Waals surface area contributed by atoms with E-state index in [9.17, 15) is 14.4 Å². The molecular weight excluding hydrogens is 350 g/mol. The standard InChI is InChI=1S/C18H23N5O4/c24-10-6-19-17(26)13-4-8-22(9-5-13)16(25)12-20-14-11-21-15-3-1-2-7-23(15)18(14)27/h1-3,7,11,13,20,24H,4-6,8-10,12H2,(H,19,26). The lowest BCUT2D eigenvalue weighted by Gasteiger charge is -2.31. The summed E-state index contributed by atoms with van der Waals surface area (Å²) in [5.74, 6) is -0.339. The van der Waals surface area contributed by atoms with E-state index in [1.807, 2.05) is 0 Å². The van der Waals surface area contributed by atoms with Crippen LogP contribution in [0.3, 0.4) is 0 Å². The molecule has 3 heterocycles. The molecule has 0 bridgehead atoms. The van der Waals surface area contributed by atoms with Crippen LogP contribution >= 0.6 is 0 Å². The Labute approximate surface area is 156 Å². The van der Waals surface area contributed by atoms with Crippen LogP contribution in [0.2, 0.25) is 0 Å². The van der Waals surface area contributed by atoms with Gasteiger partial charge in [0.15, 0.2) is 0 Å². The lowest BCUT2D eigenvalue weighted by Crippen LogP contribution is -2.45. The summed E-state index contributed by atoms with van der Waals surface area (Å²) < 4.78 is 1.42. The van der Waals surface area contributed by atoms with Gasteiger partial charge in [0.1, 0.15) is 11.3 Å². The molecule has 144 valence electrons. The molecule has 1 saturated heterocycles. The summed E-state index contributed by atoms with van der Waals surface area (Å²) in [6, 6.07) is 5.27. The molecule has 0 aliphatic carbocycles. The van der Waals surface area contributed by atoms with Crippen LogP contribution < -0.4 is 16.2 Å². The van der Waals surface area contributed by atoms with Gasteiger partial charge in [-0.1, -0.05) is 6.07 Å². The number of anilines is 1. The SMILES string of the molecule is O=C(NCCO)C1CCN(C(=O)CNc2cnc3ccccn3c2=O)CC1. The zero-order valence-electron chi connectivity index (χ0n) is 14.9. The second-order valence-electron chi connectivity index (χ2n) is 6.43. The fraction of sp³-hybridized carbons (Fsp3) is 0.444. The van der Waals surface area contributed by atoms with Gasteiger partial charge in [-0.25, -0.2) is 4.98 Å². The van der Waals surface area contributed by atoms with E-state index in [4.69, 9.17) is 5.11 Å². The first-order valence-electron chi connectivity index (χ1n) is 8.97. The first-order chi connectivity index (χ1) is 13.1. The molecular formula is C18H23N5O4. The third kappa shape index (κ3) is 4.43. The number of nitrogens with zero attached hydrogens (tertiary/aromatic N) is 3. The number of aromatic nitrogens is 2. The second kappa shape index (κ2) is 8.63. The Balaban J connectivity index is 1.53. The molecule has 0 aromatic carbocycles. The van der Waals surface area contributed by atoms with E-state index in [-0.39, 0.29) is 48.7 Å². The first-order valence-corrected chi connectivity index (χ1v) is 8.97. The van der Waals surface area contributed by atoms with Gasteiger partial charge in [-0.05, 0) is 25.0 Å². The second-order valence-corrected chi connectivity index (χ2v) is 6.43. The molecule has 9 nitrogen and oxygen atoms in total. The van der Waals surface area contributed by atoms with Gasteiger partial charge in [0.25, 0.3) is 5.56 Å². The number of likely N-dealkylation sites (tertiary alicyclic amines) is 1. The number of amides is 2. The molecule has 2 amide bonds. The number of carbonyl (C=O) groups is 2. The van der Waals surface area contributed by atoms with E-state index in [1.165, 1.54) is 10.6 Å². The summed E-state index contributed by atoms with van der Waals surface area (Å²) in [6.45, 7) is 1.14. The van der Waals surface area contributed by atoms with Crippen molar-refractivity contribution in [2.45, 2.75) is 12.8 Å². The van der Waals surface area contributed by atoms with Crippen molar-refractivity contribution in [3.63, 3.8) is 0 Å². The number of hydrogen-bond acceptors (Lipinski definition) is 6. The van der Waals surface area contributed by atoms with Gasteiger partial charge in [0, 0.05) is 31.7 Å². The van der Waals surface area contributed by atoms with Crippen LogP contribution in [0.15, 0.2) is 35.4 Å². The van der Waals surface area contributed by atoms with Gasteiger partial charge in [-0.2, -0.15) is 0 Å². The van der Waals surface area contributed by atoms with Gasteiger partial charge in [0.05, 0.1) is 19.3 Å². The monoisotopic (exact) mass is 373 g/mol. The van der Waals surface area contributed by atoms with Gasteiger partial charge in [-0.15, -0.1) is 0 Å². The highest BCUT2D eigenvalue weighted by molar-refractivity contribution is 5.82. The normalized spacial score (nSPS) is 14.9. The average Bonchev–Trinajstić information content (AvgIpc) is 2.71. The van der Waals surface area contributed by atoms with E-state index in [0.717, 1.165) is 0 Å². The number of nitrogens with one attached hydrogen (secondary N) is 2. The summed E-state index contributed by atoms with van der Waals surface area (Å²) in [5.41, 5.74) is 0.555. The summed E-state index contributed by atoms with van der Waals surface area (Å²) in [4.78, 5) is 42.6. The molecule has 1 aliphatic heterocycles. The van der Waals surface area contributed by atoms with Crippen LogP contribution in [0.25, 0.3) is 5.65 Å². The fourth-order valence-electron chi connectivity index (χ4n) is 3.15. The topological polar surface area (TPSA) is 116 Å². The quantitative estimate of drug-likeness (QED) is 0.626.